The van der Waals surface area contributed by atoms with E-state index in [-0.39, 0.29) is 11.2 Å². The minimum atomic E-state index is -0.246. The van der Waals surface area contributed by atoms with Crippen molar-refractivity contribution in [2.75, 3.05) is 34.1 Å². The summed E-state index contributed by atoms with van der Waals surface area (Å²) in [6.07, 6.45) is 1.34. The van der Waals surface area contributed by atoms with Crippen LogP contribution in [0, 0.1) is 0 Å². The molecule has 0 saturated carbocycles. The Bertz CT molecular complexity index is 1040. The standard InChI is InChI=1S/C21H21NO6/c1-24-10-9-22-11-15-16(27-13-22)8-7-14-20(23)19(12-26-21(14)15)28-18-6-4-3-5-17(18)25-2/h3-8,12H,9-11,13H2,1-2H3. The maximum absolute atomic E-state index is 13.0. The molecule has 0 aliphatic carbocycles. The molecule has 7 nitrogen and oxygen atoms in total. The van der Waals surface area contributed by atoms with Crippen LogP contribution in [0.15, 0.2) is 51.9 Å². The first-order valence-electron chi connectivity index (χ1n) is 8.93. The smallest absolute Gasteiger partial charge is 0.235 e. The van der Waals surface area contributed by atoms with Crippen LogP contribution >= 0.6 is 0 Å². The Hall–Kier alpha value is -3.03. The first-order chi connectivity index (χ1) is 13.7. The van der Waals surface area contributed by atoms with Crippen LogP contribution in [-0.2, 0) is 11.3 Å². The average Bonchev–Trinajstić information content (AvgIpc) is 2.74. The fraction of sp³-hybridized carbons (Fsp3) is 0.286. The van der Waals surface area contributed by atoms with Gasteiger partial charge in [-0.2, -0.15) is 0 Å². The molecule has 2 aromatic carbocycles. The van der Waals surface area contributed by atoms with Gasteiger partial charge in [-0.3, -0.25) is 9.69 Å². The van der Waals surface area contributed by atoms with Gasteiger partial charge in [-0.1, -0.05) is 12.1 Å². The van der Waals surface area contributed by atoms with Gasteiger partial charge in [0.25, 0.3) is 0 Å². The molecule has 7 heteroatoms. The van der Waals surface area contributed by atoms with Gasteiger partial charge in [0.05, 0.1) is 24.7 Å². The second-order valence-corrected chi connectivity index (χ2v) is 6.42. The van der Waals surface area contributed by atoms with E-state index in [0.29, 0.717) is 42.4 Å². The molecule has 1 aromatic heterocycles. The first kappa shape index (κ1) is 18.3. The zero-order valence-electron chi connectivity index (χ0n) is 15.8. The highest BCUT2D eigenvalue weighted by Gasteiger charge is 2.23. The van der Waals surface area contributed by atoms with Crippen molar-refractivity contribution in [1.82, 2.24) is 4.90 Å². The van der Waals surface area contributed by atoms with Gasteiger partial charge in [-0.05, 0) is 24.3 Å². The monoisotopic (exact) mass is 383 g/mol. The van der Waals surface area contributed by atoms with Crippen LogP contribution in [0.25, 0.3) is 11.0 Å². The number of hydrogen-bond acceptors (Lipinski definition) is 7. The molecule has 1 aliphatic heterocycles. The van der Waals surface area contributed by atoms with E-state index in [9.17, 15) is 4.79 Å². The maximum Gasteiger partial charge on any atom is 0.235 e. The Kier molecular flexibility index (Phi) is 5.18. The Labute approximate surface area is 162 Å². The number of ether oxygens (including phenoxy) is 4. The van der Waals surface area contributed by atoms with Crippen LogP contribution in [0.1, 0.15) is 5.56 Å². The minimum Gasteiger partial charge on any atom is -0.493 e. The number of methoxy groups -OCH3 is 2. The van der Waals surface area contributed by atoms with Crippen molar-refractivity contribution in [2.24, 2.45) is 0 Å². The lowest BCUT2D eigenvalue weighted by atomic mass is 10.1. The van der Waals surface area contributed by atoms with Crippen LogP contribution in [0.5, 0.6) is 23.0 Å². The van der Waals surface area contributed by atoms with E-state index >= 15 is 0 Å². The summed E-state index contributed by atoms with van der Waals surface area (Å²) in [5.41, 5.74) is 1.11. The lowest BCUT2D eigenvalue weighted by Gasteiger charge is -2.28. The molecule has 3 aromatic rings. The highest BCUT2D eigenvalue weighted by atomic mass is 16.5. The van der Waals surface area contributed by atoms with Crippen LogP contribution in [0.4, 0.5) is 0 Å². The number of nitrogens with zero attached hydrogens (tertiary/aromatic N) is 1. The predicted octanol–water partition coefficient (Wildman–Crippen LogP) is 3.39. The van der Waals surface area contributed by atoms with Crippen molar-refractivity contribution in [3.8, 4) is 23.0 Å². The predicted molar refractivity (Wildman–Crippen MR) is 103 cm³/mol. The van der Waals surface area contributed by atoms with Crippen molar-refractivity contribution < 1.29 is 23.4 Å². The van der Waals surface area contributed by atoms with Gasteiger partial charge in [-0.25, -0.2) is 0 Å². The van der Waals surface area contributed by atoms with Crippen molar-refractivity contribution in [2.45, 2.75) is 6.54 Å². The van der Waals surface area contributed by atoms with Crippen LogP contribution in [-0.4, -0.2) is 39.0 Å². The molecule has 146 valence electrons. The Morgan fingerprint density at radius 2 is 1.89 bits per heavy atom. The fourth-order valence-corrected chi connectivity index (χ4v) is 3.19. The lowest BCUT2D eigenvalue weighted by molar-refractivity contribution is 0.0658. The summed E-state index contributed by atoms with van der Waals surface area (Å²) in [4.78, 5) is 15.1. The van der Waals surface area contributed by atoms with Gasteiger partial charge in [-0.15, -0.1) is 0 Å². The number of hydrogen-bond donors (Lipinski definition) is 0. The number of benzene rings is 2. The Morgan fingerprint density at radius 1 is 1.07 bits per heavy atom. The first-order valence-corrected chi connectivity index (χ1v) is 8.93. The average molecular weight is 383 g/mol. The molecule has 0 bridgehead atoms. The van der Waals surface area contributed by atoms with Crippen LogP contribution in [0.3, 0.4) is 0 Å². The number of para-hydroxylation sites is 2. The highest BCUT2D eigenvalue weighted by Crippen LogP contribution is 2.34. The molecule has 0 fully saturated rings. The summed E-state index contributed by atoms with van der Waals surface area (Å²) in [5.74, 6) is 1.81. The molecule has 28 heavy (non-hydrogen) atoms. The molecule has 0 radical (unpaired) electrons. The van der Waals surface area contributed by atoms with Crippen molar-refractivity contribution in [3.63, 3.8) is 0 Å². The second kappa shape index (κ2) is 7.92. The summed E-state index contributed by atoms with van der Waals surface area (Å²) in [7, 11) is 3.21. The third kappa shape index (κ3) is 3.42. The second-order valence-electron chi connectivity index (χ2n) is 6.42. The molecule has 0 atom stereocenters. The van der Waals surface area contributed by atoms with Crippen molar-refractivity contribution in [3.05, 3.63) is 58.4 Å². The quantitative estimate of drug-likeness (QED) is 0.646. The third-order valence-electron chi connectivity index (χ3n) is 4.65. The third-order valence-corrected chi connectivity index (χ3v) is 4.65. The van der Waals surface area contributed by atoms with Gasteiger partial charge in [0.2, 0.25) is 11.2 Å². The molecular formula is C21H21NO6. The molecule has 0 spiro atoms. The van der Waals surface area contributed by atoms with Gasteiger partial charge in [0, 0.05) is 20.2 Å². The SMILES string of the molecule is COCCN1COc2ccc3c(=O)c(Oc4ccccc4OC)coc3c2C1. The Balaban J connectivity index is 1.70. The summed E-state index contributed by atoms with van der Waals surface area (Å²) in [5, 5.41) is 0.448. The van der Waals surface area contributed by atoms with Gasteiger partial charge < -0.3 is 23.4 Å². The Morgan fingerprint density at radius 3 is 2.68 bits per heavy atom. The molecule has 0 N–H and O–H groups in total. The van der Waals surface area contributed by atoms with Gasteiger partial charge in [0.15, 0.2) is 11.5 Å². The van der Waals surface area contributed by atoms with Gasteiger partial charge >= 0.3 is 0 Å². The summed E-state index contributed by atoms with van der Waals surface area (Å²) in [6, 6.07) is 10.6. The molecule has 2 heterocycles. The van der Waals surface area contributed by atoms with Crippen molar-refractivity contribution >= 4 is 11.0 Å². The topological polar surface area (TPSA) is 70.4 Å². The van der Waals surface area contributed by atoms with E-state index < -0.39 is 0 Å². The van der Waals surface area contributed by atoms with Crippen LogP contribution in [0.2, 0.25) is 0 Å². The molecule has 1 aliphatic rings. The number of rotatable bonds is 6. The van der Waals surface area contributed by atoms with E-state index in [1.807, 2.05) is 12.1 Å². The summed E-state index contributed by atoms with van der Waals surface area (Å²) < 4.78 is 27.8. The van der Waals surface area contributed by atoms with E-state index in [0.717, 1.165) is 17.9 Å². The minimum absolute atomic E-state index is 0.102. The summed E-state index contributed by atoms with van der Waals surface area (Å²) >= 11 is 0. The fourth-order valence-electron chi connectivity index (χ4n) is 3.19. The van der Waals surface area contributed by atoms with E-state index in [2.05, 4.69) is 4.90 Å². The van der Waals surface area contributed by atoms with E-state index in [1.165, 1.54) is 6.26 Å². The molecule has 4 rings (SSSR count). The molecule has 0 saturated heterocycles. The highest BCUT2D eigenvalue weighted by molar-refractivity contribution is 5.83. The zero-order valence-corrected chi connectivity index (χ0v) is 15.8. The summed E-state index contributed by atoms with van der Waals surface area (Å²) in [6.45, 7) is 2.42. The lowest BCUT2D eigenvalue weighted by Crippen LogP contribution is -2.34. The van der Waals surface area contributed by atoms with E-state index in [1.54, 1.807) is 38.5 Å². The van der Waals surface area contributed by atoms with Gasteiger partial charge in [0.1, 0.15) is 24.3 Å². The molecule has 0 unspecified atom stereocenters. The van der Waals surface area contributed by atoms with Crippen LogP contribution < -0.4 is 19.6 Å². The maximum atomic E-state index is 13.0. The molecule has 0 amide bonds. The van der Waals surface area contributed by atoms with Crippen molar-refractivity contribution in [1.29, 1.82) is 0 Å². The normalized spacial score (nSPS) is 13.8. The largest absolute Gasteiger partial charge is 0.493 e. The molecular weight excluding hydrogens is 362 g/mol. The zero-order chi connectivity index (χ0) is 19.5. The number of fused-ring (bicyclic) bond motifs is 3. The van der Waals surface area contributed by atoms with E-state index in [4.69, 9.17) is 23.4 Å².